The fourth-order valence-corrected chi connectivity index (χ4v) is 2.20. The van der Waals surface area contributed by atoms with Gasteiger partial charge in [-0.2, -0.15) is 20.2 Å². The van der Waals surface area contributed by atoms with Crippen molar-refractivity contribution in [3.8, 4) is 6.19 Å². The minimum Gasteiger partial charge on any atom is -0.352 e. The highest BCUT2D eigenvalue weighted by molar-refractivity contribution is 6.68. The summed E-state index contributed by atoms with van der Waals surface area (Å²) in [4.78, 5) is 24.3. The number of nitrogens with one attached hydrogen (secondary N) is 3. The van der Waals surface area contributed by atoms with Gasteiger partial charge in [0, 0.05) is 12.1 Å². The summed E-state index contributed by atoms with van der Waals surface area (Å²) in [7, 11) is 0. The summed E-state index contributed by atoms with van der Waals surface area (Å²) in [6.45, 7) is 7.61. The third kappa shape index (κ3) is 6.57. The molecule has 12 heteroatoms. The van der Waals surface area contributed by atoms with Crippen molar-refractivity contribution in [1.82, 2.24) is 20.3 Å². The molecule has 0 aliphatic carbocycles. The maximum atomic E-state index is 10.8. The number of amides is 1. The van der Waals surface area contributed by atoms with Gasteiger partial charge in [-0.05, 0) is 27.7 Å². The third-order valence-electron chi connectivity index (χ3n) is 2.58. The standard InChI is InChI=1S/C13H19Cl3N8O/c1-7(2)19-10-21-11(20-8(3)4)23-12(22-10)24(5-17)9(18-6-25)13(14,15)16/h6-9H,1-4H3,(H,18,25)(H2,19,20,21,22,23). The second-order valence-corrected chi connectivity index (χ2v) is 7.95. The minimum absolute atomic E-state index is 0.0368. The lowest BCUT2D eigenvalue weighted by molar-refractivity contribution is -0.110. The van der Waals surface area contributed by atoms with Gasteiger partial charge in [0.2, 0.25) is 28.0 Å². The fraction of sp³-hybridized carbons (Fsp3) is 0.615. The van der Waals surface area contributed by atoms with Gasteiger partial charge < -0.3 is 16.0 Å². The van der Waals surface area contributed by atoms with Crippen molar-refractivity contribution in [1.29, 1.82) is 5.26 Å². The highest BCUT2D eigenvalue weighted by Gasteiger charge is 2.39. The Morgan fingerprint density at radius 2 is 1.56 bits per heavy atom. The van der Waals surface area contributed by atoms with Gasteiger partial charge in [-0.15, -0.1) is 0 Å². The Hall–Kier alpha value is -1.76. The molecule has 1 aromatic rings. The number of carbonyl (C=O) groups excluding carboxylic acids is 1. The monoisotopic (exact) mass is 408 g/mol. The van der Waals surface area contributed by atoms with Crippen LogP contribution in [0, 0.1) is 11.5 Å². The largest absolute Gasteiger partial charge is 0.352 e. The number of hydrogen-bond acceptors (Lipinski definition) is 8. The number of rotatable bonds is 8. The molecule has 0 radical (unpaired) electrons. The van der Waals surface area contributed by atoms with Crippen LogP contribution in [0.4, 0.5) is 17.8 Å². The van der Waals surface area contributed by atoms with Crippen LogP contribution in [-0.2, 0) is 4.79 Å². The topological polar surface area (TPSA) is 119 Å². The third-order valence-corrected chi connectivity index (χ3v) is 3.20. The number of nitrogens with zero attached hydrogens (tertiary/aromatic N) is 5. The predicted octanol–water partition coefficient (Wildman–Crippen LogP) is 2.24. The molecule has 1 amide bonds. The van der Waals surface area contributed by atoms with E-state index in [2.05, 4.69) is 30.9 Å². The fourth-order valence-electron chi connectivity index (χ4n) is 1.72. The molecule has 0 saturated heterocycles. The van der Waals surface area contributed by atoms with E-state index in [1.54, 1.807) is 0 Å². The van der Waals surface area contributed by atoms with Crippen LogP contribution in [0.5, 0.6) is 0 Å². The lowest BCUT2D eigenvalue weighted by atomic mass is 10.4. The molecule has 3 N–H and O–H groups in total. The SMILES string of the molecule is CC(C)Nc1nc(NC(C)C)nc(N(C#N)C(NC=O)C(Cl)(Cl)Cl)n1. The van der Waals surface area contributed by atoms with E-state index >= 15 is 0 Å². The number of nitriles is 1. The zero-order valence-electron chi connectivity index (χ0n) is 14.1. The van der Waals surface area contributed by atoms with Gasteiger partial charge in [-0.1, -0.05) is 34.8 Å². The average Bonchev–Trinajstić information content (AvgIpc) is 2.44. The van der Waals surface area contributed by atoms with Crippen molar-refractivity contribution in [2.45, 2.75) is 49.7 Å². The molecule has 1 heterocycles. The van der Waals surface area contributed by atoms with Crippen molar-refractivity contribution in [2.24, 2.45) is 0 Å². The van der Waals surface area contributed by atoms with Crippen molar-refractivity contribution in [3.05, 3.63) is 0 Å². The number of halogens is 3. The molecule has 9 nitrogen and oxygen atoms in total. The Morgan fingerprint density at radius 3 is 1.88 bits per heavy atom. The van der Waals surface area contributed by atoms with Crippen LogP contribution < -0.4 is 20.9 Å². The summed E-state index contributed by atoms with van der Waals surface area (Å²) in [6.07, 6.45) is 0.835. The maximum Gasteiger partial charge on any atom is 0.247 e. The van der Waals surface area contributed by atoms with E-state index in [1.807, 2.05) is 33.9 Å². The van der Waals surface area contributed by atoms with Gasteiger partial charge in [0.05, 0.1) is 0 Å². The van der Waals surface area contributed by atoms with E-state index in [-0.39, 0.29) is 29.9 Å². The zero-order valence-corrected chi connectivity index (χ0v) is 16.4. The molecule has 0 saturated carbocycles. The van der Waals surface area contributed by atoms with Crippen LogP contribution >= 0.6 is 34.8 Å². The first-order valence-electron chi connectivity index (χ1n) is 7.33. The van der Waals surface area contributed by atoms with Gasteiger partial charge in [0.15, 0.2) is 12.4 Å². The summed E-state index contributed by atoms with van der Waals surface area (Å²) in [5.41, 5.74) is 0. The predicted molar refractivity (Wildman–Crippen MR) is 98.7 cm³/mol. The molecule has 138 valence electrons. The van der Waals surface area contributed by atoms with Gasteiger partial charge in [0.25, 0.3) is 0 Å². The van der Waals surface area contributed by atoms with E-state index in [9.17, 15) is 10.1 Å². The van der Waals surface area contributed by atoms with Crippen molar-refractivity contribution < 1.29 is 4.79 Å². The molecule has 1 unspecified atom stereocenters. The van der Waals surface area contributed by atoms with E-state index in [0.29, 0.717) is 6.41 Å². The van der Waals surface area contributed by atoms with Crippen molar-refractivity contribution in [2.75, 3.05) is 15.5 Å². The van der Waals surface area contributed by atoms with Crippen molar-refractivity contribution in [3.63, 3.8) is 0 Å². The smallest absolute Gasteiger partial charge is 0.247 e. The van der Waals surface area contributed by atoms with Gasteiger partial charge in [-0.3, -0.25) is 4.79 Å². The Morgan fingerprint density at radius 1 is 1.08 bits per heavy atom. The number of hydrogen-bond donors (Lipinski definition) is 3. The van der Waals surface area contributed by atoms with Crippen LogP contribution in [0.15, 0.2) is 0 Å². The molecular weight excluding hydrogens is 391 g/mol. The average molecular weight is 410 g/mol. The zero-order chi connectivity index (χ0) is 19.2. The molecule has 0 fully saturated rings. The Labute approximate surface area is 161 Å². The van der Waals surface area contributed by atoms with E-state index in [4.69, 9.17) is 34.8 Å². The summed E-state index contributed by atoms with van der Waals surface area (Å²) in [6, 6.07) is 0.0736. The summed E-state index contributed by atoms with van der Waals surface area (Å²) in [5.74, 6) is 0.379. The molecule has 1 aromatic heterocycles. The summed E-state index contributed by atoms with van der Waals surface area (Å²) < 4.78 is -2.00. The lowest BCUT2D eigenvalue weighted by Gasteiger charge is -2.30. The van der Waals surface area contributed by atoms with Crippen LogP contribution in [0.3, 0.4) is 0 Å². The first-order valence-corrected chi connectivity index (χ1v) is 8.46. The van der Waals surface area contributed by atoms with E-state index in [1.165, 1.54) is 0 Å². The Kier molecular flexibility index (Phi) is 7.73. The van der Waals surface area contributed by atoms with E-state index in [0.717, 1.165) is 4.90 Å². The normalized spacial score (nSPS) is 12.5. The summed E-state index contributed by atoms with van der Waals surface area (Å²) >= 11 is 17.6. The summed E-state index contributed by atoms with van der Waals surface area (Å²) in [5, 5.41) is 17.8. The number of aromatic nitrogens is 3. The molecule has 1 rings (SSSR count). The first kappa shape index (κ1) is 21.3. The van der Waals surface area contributed by atoms with Crippen molar-refractivity contribution >= 4 is 59.1 Å². The Bertz CT molecular complexity index is 600. The Balaban J connectivity index is 3.38. The van der Waals surface area contributed by atoms with Crippen LogP contribution in [-0.4, -0.2) is 43.4 Å². The first-order chi connectivity index (χ1) is 11.6. The van der Waals surface area contributed by atoms with Gasteiger partial charge in [0.1, 0.15) is 0 Å². The maximum absolute atomic E-state index is 10.8. The molecule has 0 spiro atoms. The molecule has 0 bridgehead atoms. The number of anilines is 3. The lowest BCUT2D eigenvalue weighted by Crippen LogP contribution is -2.52. The second kappa shape index (κ2) is 9.08. The molecule has 25 heavy (non-hydrogen) atoms. The minimum atomic E-state index is -2.00. The van der Waals surface area contributed by atoms with Crippen LogP contribution in [0.2, 0.25) is 0 Å². The highest BCUT2D eigenvalue weighted by Crippen LogP contribution is 2.33. The van der Waals surface area contributed by atoms with Crippen LogP contribution in [0.1, 0.15) is 27.7 Å². The quantitative estimate of drug-likeness (QED) is 0.197. The van der Waals surface area contributed by atoms with Crippen LogP contribution in [0.25, 0.3) is 0 Å². The van der Waals surface area contributed by atoms with Gasteiger partial charge >= 0.3 is 0 Å². The van der Waals surface area contributed by atoms with Gasteiger partial charge in [-0.25, -0.2) is 4.90 Å². The van der Waals surface area contributed by atoms with E-state index < -0.39 is 9.96 Å². The molecule has 0 aliphatic rings. The molecule has 1 atom stereocenters. The number of alkyl halides is 3. The number of carbonyl (C=O) groups is 1. The second-order valence-electron chi connectivity index (χ2n) is 5.58. The molecule has 0 aromatic carbocycles. The highest BCUT2D eigenvalue weighted by atomic mass is 35.6. The molecular formula is C13H19Cl3N8O. The molecule has 0 aliphatic heterocycles.